The van der Waals surface area contributed by atoms with Crippen molar-refractivity contribution in [2.75, 3.05) is 57.9 Å². The lowest BCUT2D eigenvalue weighted by molar-refractivity contribution is -0.130. The number of amides is 1. The number of ether oxygens (including phenoxy) is 1. The molecule has 122 valence electrons. The normalized spacial score (nSPS) is 15.2. The molecule has 1 saturated heterocycles. The third kappa shape index (κ3) is 4.38. The number of methoxy groups -OCH3 is 1. The van der Waals surface area contributed by atoms with Gasteiger partial charge in [0, 0.05) is 45.9 Å². The molecule has 1 aliphatic heterocycles. The molecule has 7 heteroatoms. The first-order valence-electron chi connectivity index (χ1n) is 7.29. The van der Waals surface area contributed by atoms with Gasteiger partial charge in [-0.15, -0.1) is 0 Å². The average molecular weight is 313 g/mol. The van der Waals surface area contributed by atoms with Gasteiger partial charge in [-0.2, -0.15) is 0 Å². The Balaban J connectivity index is 1.82. The molecule has 22 heavy (non-hydrogen) atoms. The van der Waals surface area contributed by atoms with E-state index < -0.39 is 11.6 Å². The first-order chi connectivity index (χ1) is 10.6. The molecule has 0 aliphatic carbocycles. The molecule has 1 aliphatic rings. The van der Waals surface area contributed by atoms with E-state index in [4.69, 9.17) is 4.74 Å². The van der Waals surface area contributed by atoms with Crippen molar-refractivity contribution in [1.82, 2.24) is 10.2 Å². The molecule has 1 aromatic carbocycles. The number of nitrogens with zero attached hydrogens (tertiary/aromatic N) is 2. The van der Waals surface area contributed by atoms with Gasteiger partial charge in [0.25, 0.3) is 0 Å². The van der Waals surface area contributed by atoms with Gasteiger partial charge in [-0.3, -0.25) is 4.79 Å². The number of carbonyl (C=O) groups is 1. The van der Waals surface area contributed by atoms with Gasteiger partial charge < -0.3 is 19.9 Å². The van der Waals surface area contributed by atoms with Gasteiger partial charge >= 0.3 is 0 Å². The predicted octanol–water partition coefficient (Wildman–Crippen LogP) is 0.849. The number of halogens is 2. The van der Waals surface area contributed by atoms with Gasteiger partial charge in [0.1, 0.15) is 11.6 Å². The highest BCUT2D eigenvalue weighted by molar-refractivity contribution is 5.78. The summed E-state index contributed by atoms with van der Waals surface area (Å²) in [4.78, 5) is 15.5. The van der Waals surface area contributed by atoms with Crippen molar-refractivity contribution in [3.8, 4) is 0 Å². The first-order valence-corrected chi connectivity index (χ1v) is 7.29. The minimum atomic E-state index is -0.461. The van der Waals surface area contributed by atoms with Gasteiger partial charge in [0.05, 0.1) is 18.8 Å². The largest absolute Gasteiger partial charge is 0.383 e. The SMILES string of the molecule is COCCNCC(=O)N1CCN(c2cc(F)ccc2F)CC1. The Morgan fingerprint density at radius 1 is 1.27 bits per heavy atom. The van der Waals surface area contributed by atoms with Crippen LogP contribution in [0.15, 0.2) is 18.2 Å². The Bertz CT molecular complexity index is 506. The quantitative estimate of drug-likeness (QED) is 0.791. The Kier molecular flexibility index (Phi) is 6.09. The van der Waals surface area contributed by atoms with Gasteiger partial charge in [-0.1, -0.05) is 0 Å². The second-order valence-corrected chi connectivity index (χ2v) is 5.13. The fourth-order valence-corrected chi connectivity index (χ4v) is 2.41. The molecule has 0 radical (unpaired) electrons. The number of benzene rings is 1. The number of rotatable bonds is 6. The second kappa shape index (κ2) is 8.05. The lowest BCUT2D eigenvalue weighted by atomic mass is 10.2. The van der Waals surface area contributed by atoms with E-state index in [0.29, 0.717) is 39.3 Å². The van der Waals surface area contributed by atoms with Gasteiger partial charge in [0.2, 0.25) is 5.91 Å². The first kappa shape index (κ1) is 16.6. The van der Waals surface area contributed by atoms with Crippen molar-refractivity contribution in [2.45, 2.75) is 0 Å². The van der Waals surface area contributed by atoms with Crippen LogP contribution in [0.2, 0.25) is 0 Å². The third-order valence-corrected chi connectivity index (χ3v) is 3.64. The maximum atomic E-state index is 13.7. The number of anilines is 1. The van der Waals surface area contributed by atoms with Crippen LogP contribution in [-0.2, 0) is 9.53 Å². The molecule has 0 saturated carbocycles. The highest BCUT2D eigenvalue weighted by atomic mass is 19.1. The van der Waals surface area contributed by atoms with Crippen LogP contribution < -0.4 is 10.2 Å². The van der Waals surface area contributed by atoms with Crippen molar-refractivity contribution in [1.29, 1.82) is 0 Å². The molecular weight excluding hydrogens is 292 g/mol. The van der Waals surface area contributed by atoms with E-state index in [0.717, 1.165) is 12.1 Å². The Morgan fingerprint density at radius 3 is 2.68 bits per heavy atom. The van der Waals surface area contributed by atoms with E-state index in [1.54, 1.807) is 16.9 Å². The summed E-state index contributed by atoms with van der Waals surface area (Å²) in [6.45, 7) is 3.42. The zero-order valence-electron chi connectivity index (χ0n) is 12.6. The zero-order chi connectivity index (χ0) is 15.9. The average Bonchev–Trinajstić information content (AvgIpc) is 2.54. The highest BCUT2D eigenvalue weighted by Crippen LogP contribution is 2.21. The minimum absolute atomic E-state index is 0.00969. The van der Waals surface area contributed by atoms with E-state index in [9.17, 15) is 13.6 Å². The van der Waals surface area contributed by atoms with Crippen LogP contribution >= 0.6 is 0 Å². The van der Waals surface area contributed by atoms with Gasteiger partial charge in [-0.05, 0) is 12.1 Å². The van der Waals surface area contributed by atoms with E-state index in [1.807, 2.05) is 0 Å². The van der Waals surface area contributed by atoms with Crippen LogP contribution in [0.1, 0.15) is 0 Å². The van der Waals surface area contributed by atoms with E-state index in [-0.39, 0.29) is 18.1 Å². The van der Waals surface area contributed by atoms with Crippen molar-refractivity contribution < 1.29 is 18.3 Å². The Labute approximate surface area is 128 Å². The summed E-state index contributed by atoms with van der Waals surface area (Å²) in [5.74, 6) is -0.893. The van der Waals surface area contributed by atoms with Crippen molar-refractivity contribution in [2.24, 2.45) is 0 Å². The van der Waals surface area contributed by atoms with E-state index in [1.165, 1.54) is 6.07 Å². The third-order valence-electron chi connectivity index (χ3n) is 3.64. The van der Waals surface area contributed by atoms with Crippen LogP contribution in [0.4, 0.5) is 14.5 Å². The molecule has 1 heterocycles. The Morgan fingerprint density at radius 2 is 2.00 bits per heavy atom. The summed E-state index contributed by atoms with van der Waals surface area (Å²) >= 11 is 0. The summed E-state index contributed by atoms with van der Waals surface area (Å²) in [5, 5.41) is 3.00. The zero-order valence-corrected chi connectivity index (χ0v) is 12.6. The molecule has 0 atom stereocenters. The van der Waals surface area contributed by atoms with Crippen LogP contribution in [0.3, 0.4) is 0 Å². The number of piperazine rings is 1. The van der Waals surface area contributed by atoms with Crippen molar-refractivity contribution >= 4 is 11.6 Å². The van der Waals surface area contributed by atoms with Crippen LogP contribution in [0.5, 0.6) is 0 Å². The molecule has 1 fully saturated rings. The van der Waals surface area contributed by atoms with Crippen LogP contribution in [-0.4, -0.2) is 63.8 Å². The fourth-order valence-electron chi connectivity index (χ4n) is 2.41. The summed E-state index contributed by atoms with van der Waals surface area (Å²) in [5.41, 5.74) is 0.255. The topological polar surface area (TPSA) is 44.8 Å². The van der Waals surface area contributed by atoms with Crippen molar-refractivity contribution in [3.05, 3.63) is 29.8 Å². The fraction of sp³-hybridized carbons (Fsp3) is 0.533. The van der Waals surface area contributed by atoms with Gasteiger partial charge in [0.15, 0.2) is 0 Å². The minimum Gasteiger partial charge on any atom is -0.383 e. The molecule has 0 unspecified atom stereocenters. The monoisotopic (exact) mass is 313 g/mol. The molecule has 5 nitrogen and oxygen atoms in total. The lowest BCUT2D eigenvalue weighted by Gasteiger charge is -2.36. The summed E-state index contributed by atoms with van der Waals surface area (Å²) in [6.07, 6.45) is 0. The maximum absolute atomic E-state index is 13.7. The van der Waals surface area contributed by atoms with Crippen LogP contribution in [0.25, 0.3) is 0 Å². The summed E-state index contributed by atoms with van der Waals surface area (Å²) in [6, 6.07) is 3.42. The molecule has 1 N–H and O–H groups in total. The lowest BCUT2D eigenvalue weighted by Crippen LogP contribution is -2.51. The van der Waals surface area contributed by atoms with Crippen LogP contribution in [0, 0.1) is 11.6 Å². The Hall–Kier alpha value is -1.73. The second-order valence-electron chi connectivity index (χ2n) is 5.13. The van der Waals surface area contributed by atoms with Gasteiger partial charge in [-0.25, -0.2) is 8.78 Å². The molecular formula is C15H21F2N3O2. The summed E-state index contributed by atoms with van der Waals surface area (Å²) < 4.78 is 31.9. The molecule has 0 bridgehead atoms. The summed E-state index contributed by atoms with van der Waals surface area (Å²) in [7, 11) is 1.61. The smallest absolute Gasteiger partial charge is 0.236 e. The molecule has 1 amide bonds. The maximum Gasteiger partial charge on any atom is 0.236 e. The van der Waals surface area contributed by atoms with E-state index in [2.05, 4.69) is 5.32 Å². The van der Waals surface area contributed by atoms with E-state index >= 15 is 0 Å². The number of nitrogens with one attached hydrogen (secondary N) is 1. The number of carbonyl (C=O) groups excluding carboxylic acids is 1. The highest BCUT2D eigenvalue weighted by Gasteiger charge is 2.22. The molecule has 2 rings (SSSR count). The number of hydrogen-bond acceptors (Lipinski definition) is 4. The predicted molar refractivity (Wildman–Crippen MR) is 79.9 cm³/mol. The van der Waals surface area contributed by atoms with Crippen molar-refractivity contribution in [3.63, 3.8) is 0 Å². The standard InChI is InChI=1S/C15H21F2N3O2/c1-22-9-4-18-11-15(21)20-7-5-19(6-8-20)14-10-12(16)2-3-13(14)17/h2-3,10,18H,4-9,11H2,1H3. The molecule has 1 aromatic rings. The molecule has 0 spiro atoms. The molecule has 0 aromatic heterocycles. The number of hydrogen-bond donors (Lipinski definition) is 1.